The third-order valence-corrected chi connectivity index (χ3v) is 5.24. The van der Waals surface area contributed by atoms with E-state index in [1.807, 2.05) is 29.6 Å². The van der Waals surface area contributed by atoms with Crippen molar-refractivity contribution in [3.05, 3.63) is 68.3 Å². The van der Waals surface area contributed by atoms with E-state index in [-0.39, 0.29) is 18.4 Å². The molecule has 3 rings (SSSR count). The van der Waals surface area contributed by atoms with E-state index in [1.165, 1.54) is 22.7 Å². The van der Waals surface area contributed by atoms with Gasteiger partial charge in [0.15, 0.2) is 5.13 Å². The van der Waals surface area contributed by atoms with Gasteiger partial charge in [-0.3, -0.25) is 9.59 Å². The summed E-state index contributed by atoms with van der Waals surface area (Å²) < 4.78 is 0. The van der Waals surface area contributed by atoms with Crippen LogP contribution in [-0.4, -0.2) is 23.3 Å². The summed E-state index contributed by atoms with van der Waals surface area (Å²) in [6.07, 6.45) is 2.43. The van der Waals surface area contributed by atoms with E-state index in [9.17, 15) is 9.59 Å². The molecule has 2 heterocycles. The van der Waals surface area contributed by atoms with E-state index in [0.717, 1.165) is 10.4 Å². The number of thiazole rings is 1. The Balaban J connectivity index is 1.50. The molecule has 0 unspecified atom stereocenters. The standard InChI is InChI=1S/C17H14ClN3O2S2/c18-12-4-1-3-11(7-12)8-13-9-20-17(25-13)21-15(22)10-19-16(23)14-5-2-6-24-14/h1-7,9H,8,10H2,(H,19,23)(H,20,21,22). The first kappa shape index (κ1) is 17.6. The zero-order valence-electron chi connectivity index (χ0n) is 13.0. The van der Waals surface area contributed by atoms with E-state index < -0.39 is 0 Å². The second kappa shape index (κ2) is 8.24. The number of aromatic nitrogens is 1. The van der Waals surface area contributed by atoms with Gasteiger partial charge in [-0.1, -0.05) is 29.8 Å². The molecule has 0 radical (unpaired) electrons. The largest absolute Gasteiger partial charge is 0.342 e. The Morgan fingerprint density at radius 2 is 2.08 bits per heavy atom. The molecular formula is C17H14ClN3O2S2. The minimum atomic E-state index is -0.312. The number of halogens is 1. The number of nitrogens with zero attached hydrogens (tertiary/aromatic N) is 1. The van der Waals surface area contributed by atoms with Crippen LogP contribution in [0.3, 0.4) is 0 Å². The molecule has 0 bridgehead atoms. The topological polar surface area (TPSA) is 71.1 Å². The second-order valence-corrected chi connectivity index (χ2v) is 7.65. The van der Waals surface area contributed by atoms with Crippen molar-refractivity contribution in [1.82, 2.24) is 10.3 Å². The monoisotopic (exact) mass is 391 g/mol. The van der Waals surface area contributed by atoms with Crippen LogP contribution >= 0.6 is 34.3 Å². The predicted octanol–water partition coefficient (Wildman–Crippen LogP) is 3.82. The summed E-state index contributed by atoms with van der Waals surface area (Å²) in [5.74, 6) is -0.570. The van der Waals surface area contributed by atoms with Crippen LogP contribution in [0.4, 0.5) is 5.13 Å². The first-order valence-electron chi connectivity index (χ1n) is 7.41. The summed E-state index contributed by atoms with van der Waals surface area (Å²) in [5, 5.41) is 8.28. The molecule has 0 atom stereocenters. The molecule has 0 saturated heterocycles. The van der Waals surface area contributed by atoms with Gasteiger partial charge >= 0.3 is 0 Å². The highest BCUT2D eigenvalue weighted by atomic mass is 35.5. The minimum absolute atomic E-state index is 0.0973. The van der Waals surface area contributed by atoms with Crippen LogP contribution in [0.15, 0.2) is 48.0 Å². The maximum absolute atomic E-state index is 11.9. The lowest BCUT2D eigenvalue weighted by Gasteiger charge is -2.03. The molecule has 0 saturated carbocycles. The molecule has 25 heavy (non-hydrogen) atoms. The Hall–Kier alpha value is -2.22. The van der Waals surface area contributed by atoms with E-state index in [0.29, 0.717) is 21.5 Å². The molecule has 2 N–H and O–H groups in total. The maximum atomic E-state index is 11.9. The zero-order valence-corrected chi connectivity index (χ0v) is 15.4. The lowest BCUT2D eigenvalue weighted by molar-refractivity contribution is -0.115. The van der Waals surface area contributed by atoms with Crippen molar-refractivity contribution >= 4 is 51.2 Å². The van der Waals surface area contributed by atoms with Gasteiger partial charge < -0.3 is 10.6 Å². The van der Waals surface area contributed by atoms with Gasteiger partial charge in [0.25, 0.3) is 5.91 Å². The van der Waals surface area contributed by atoms with Crippen LogP contribution < -0.4 is 10.6 Å². The van der Waals surface area contributed by atoms with E-state index >= 15 is 0 Å². The van der Waals surface area contributed by atoms with Gasteiger partial charge in [0.2, 0.25) is 5.91 Å². The highest BCUT2D eigenvalue weighted by Crippen LogP contribution is 2.22. The number of carbonyl (C=O) groups excluding carboxylic acids is 2. The predicted molar refractivity (Wildman–Crippen MR) is 102 cm³/mol. The number of hydrogen-bond donors (Lipinski definition) is 2. The Morgan fingerprint density at radius 1 is 1.20 bits per heavy atom. The second-order valence-electron chi connectivity index (χ2n) is 5.15. The summed E-state index contributed by atoms with van der Waals surface area (Å²) in [4.78, 5) is 29.5. The molecule has 5 nitrogen and oxygen atoms in total. The molecule has 3 aromatic rings. The van der Waals surface area contributed by atoms with E-state index in [2.05, 4.69) is 15.6 Å². The number of hydrogen-bond acceptors (Lipinski definition) is 5. The van der Waals surface area contributed by atoms with Crippen LogP contribution in [0.1, 0.15) is 20.1 Å². The van der Waals surface area contributed by atoms with Crippen molar-refractivity contribution in [1.29, 1.82) is 0 Å². The number of nitrogens with one attached hydrogen (secondary N) is 2. The van der Waals surface area contributed by atoms with E-state index in [1.54, 1.807) is 18.3 Å². The fraction of sp³-hybridized carbons (Fsp3) is 0.118. The van der Waals surface area contributed by atoms with Gasteiger partial charge in [-0.25, -0.2) is 4.98 Å². The third kappa shape index (κ3) is 5.12. The molecular weight excluding hydrogens is 378 g/mol. The fourth-order valence-electron chi connectivity index (χ4n) is 2.11. The molecule has 2 amide bonds. The minimum Gasteiger partial charge on any atom is -0.342 e. The summed E-state index contributed by atoms with van der Waals surface area (Å²) in [6, 6.07) is 11.1. The quantitative estimate of drug-likeness (QED) is 0.671. The van der Waals surface area contributed by atoms with Crippen molar-refractivity contribution in [2.75, 3.05) is 11.9 Å². The van der Waals surface area contributed by atoms with Crippen molar-refractivity contribution in [2.24, 2.45) is 0 Å². The summed E-state index contributed by atoms with van der Waals surface area (Å²) in [5.41, 5.74) is 1.08. The first-order valence-corrected chi connectivity index (χ1v) is 9.48. The van der Waals surface area contributed by atoms with Gasteiger partial charge in [-0.05, 0) is 29.1 Å². The molecule has 8 heteroatoms. The maximum Gasteiger partial charge on any atom is 0.261 e. The third-order valence-electron chi connectivity index (χ3n) is 3.22. The van der Waals surface area contributed by atoms with Crippen LogP contribution in [0, 0.1) is 0 Å². The molecule has 0 fully saturated rings. The fourth-order valence-corrected chi connectivity index (χ4v) is 3.83. The van der Waals surface area contributed by atoms with Gasteiger partial charge in [0.05, 0.1) is 11.4 Å². The average molecular weight is 392 g/mol. The summed E-state index contributed by atoms with van der Waals surface area (Å²) in [7, 11) is 0. The van der Waals surface area contributed by atoms with Gasteiger partial charge in [0, 0.05) is 22.5 Å². The average Bonchev–Trinajstić information content (AvgIpc) is 3.25. The Kier molecular flexibility index (Phi) is 5.80. The number of rotatable bonds is 6. The molecule has 0 aliphatic carbocycles. The smallest absolute Gasteiger partial charge is 0.261 e. The SMILES string of the molecule is O=C(CNC(=O)c1cccs1)Nc1ncc(Cc2cccc(Cl)c2)s1. The molecule has 1 aromatic carbocycles. The van der Waals surface area contributed by atoms with Crippen LogP contribution in [-0.2, 0) is 11.2 Å². The molecule has 2 aromatic heterocycles. The molecule has 0 aliphatic rings. The van der Waals surface area contributed by atoms with Crippen LogP contribution in [0.25, 0.3) is 0 Å². The molecule has 0 aliphatic heterocycles. The zero-order chi connectivity index (χ0) is 17.6. The number of anilines is 1. The normalized spacial score (nSPS) is 10.4. The van der Waals surface area contributed by atoms with Crippen molar-refractivity contribution in [3.8, 4) is 0 Å². The number of amides is 2. The van der Waals surface area contributed by atoms with Crippen molar-refractivity contribution in [2.45, 2.75) is 6.42 Å². The van der Waals surface area contributed by atoms with Gasteiger partial charge in [-0.15, -0.1) is 22.7 Å². The molecule has 0 spiro atoms. The summed E-state index contributed by atoms with van der Waals surface area (Å²) in [6.45, 7) is -0.0973. The van der Waals surface area contributed by atoms with Crippen LogP contribution in [0.5, 0.6) is 0 Å². The number of benzene rings is 1. The van der Waals surface area contributed by atoms with Crippen LogP contribution in [0.2, 0.25) is 5.02 Å². The Labute approximate surface area is 157 Å². The highest BCUT2D eigenvalue weighted by molar-refractivity contribution is 7.15. The number of carbonyl (C=O) groups is 2. The van der Waals surface area contributed by atoms with Crippen molar-refractivity contribution in [3.63, 3.8) is 0 Å². The Bertz CT molecular complexity index is 878. The lowest BCUT2D eigenvalue weighted by atomic mass is 10.1. The number of thiophene rings is 1. The van der Waals surface area contributed by atoms with E-state index in [4.69, 9.17) is 11.6 Å². The highest BCUT2D eigenvalue weighted by Gasteiger charge is 2.11. The Morgan fingerprint density at radius 3 is 2.84 bits per heavy atom. The lowest BCUT2D eigenvalue weighted by Crippen LogP contribution is -2.32. The van der Waals surface area contributed by atoms with Gasteiger partial charge in [-0.2, -0.15) is 0 Å². The van der Waals surface area contributed by atoms with Crippen molar-refractivity contribution < 1.29 is 9.59 Å². The summed E-state index contributed by atoms with van der Waals surface area (Å²) >= 11 is 8.70. The van der Waals surface area contributed by atoms with Gasteiger partial charge in [0.1, 0.15) is 0 Å². The molecule has 128 valence electrons. The first-order chi connectivity index (χ1) is 12.1.